The molecule has 1 atom stereocenters. The molecule has 0 aromatic carbocycles. The van der Waals surface area contributed by atoms with Crippen LogP contribution in [-0.4, -0.2) is 23.4 Å². The predicted octanol–water partition coefficient (Wildman–Crippen LogP) is 1.74. The number of carbonyl (C=O) groups is 1. The molecular formula is C9H12BrNO. The van der Waals surface area contributed by atoms with Crippen molar-refractivity contribution in [3.05, 3.63) is 0 Å². The van der Waals surface area contributed by atoms with E-state index in [0.717, 1.165) is 19.4 Å². The van der Waals surface area contributed by atoms with Gasteiger partial charge in [-0.3, -0.25) is 4.79 Å². The number of halogens is 1. The summed E-state index contributed by atoms with van der Waals surface area (Å²) in [5.74, 6) is 2.44. The maximum absolute atomic E-state index is 11.3. The van der Waals surface area contributed by atoms with E-state index in [2.05, 4.69) is 33.6 Å². The van der Waals surface area contributed by atoms with Gasteiger partial charge in [-0.2, -0.15) is 0 Å². The van der Waals surface area contributed by atoms with Crippen LogP contribution in [-0.2, 0) is 4.79 Å². The minimum atomic E-state index is -0.0564. The summed E-state index contributed by atoms with van der Waals surface area (Å²) in [5, 5.41) is 0. The molecule has 1 aliphatic heterocycles. The fraction of sp³-hybridized carbons (Fsp3) is 0.667. The highest BCUT2D eigenvalue weighted by molar-refractivity contribution is 9.12. The molecule has 0 bridgehead atoms. The second kappa shape index (κ2) is 4.51. The van der Waals surface area contributed by atoms with Crippen LogP contribution in [0.1, 0.15) is 26.2 Å². The van der Waals surface area contributed by atoms with Gasteiger partial charge in [-0.05, 0) is 31.0 Å². The highest BCUT2D eigenvalue weighted by atomic mass is 79.9. The first kappa shape index (κ1) is 9.60. The second-order valence-corrected chi connectivity index (χ2v) is 3.46. The Kier molecular flexibility index (Phi) is 3.61. The first-order chi connectivity index (χ1) is 5.75. The summed E-state index contributed by atoms with van der Waals surface area (Å²) >= 11 is 2.93. The van der Waals surface area contributed by atoms with Gasteiger partial charge in [0, 0.05) is 34.4 Å². The van der Waals surface area contributed by atoms with Crippen LogP contribution in [0, 0.1) is 10.8 Å². The molecule has 1 rings (SSSR count). The van der Waals surface area contributed by atoms with Gasteiger partial charge in [0.2, 0.25) is 0 Å². The topological polar surface area (TPSA) is 20.3 Å². The standard InChI is InChI=1S/C9H12BrNO/c1-8-4-2-3-7-11(8)9(12)5-6-10/h8H,2-4,7H2,1H3. The van der Waals surface area contributed by atoms with Crippen molar-refractivity contribution in [2.75, 3.05) is 6.54 Å². The molecule has 1 saturated heterocycles. The van der Waals surface area contributed by atoms with Crippen LogP contribution in [0.15, 0.2) is 0 Å². The first-order valence-corrected chi connectivity index (χ1v) is 4.97. The van der Waals surface area contributed by atoms with E-state index in [1.807, 2.05) is 4.90 Å². The molecule has 1 fully saturated rings. The molecule has 3 heteroatoms. The third-order valence-corrected chi connectivity index (χ3v) is 2.42. The monoisotopic (exact) mass is 229 g/mol. The molecule has 12 heavy (non-hydrogen) atoms. The van der Waals surface area contributed by atoms with Crippen LogP contribution in [0.3, 0.4) is 0 Å². The summed E-state index contributed by atoms with van der Waals surface area (Å²) < 4.78 is 0. The molecule has 0 saturated carbocycles. The Labute approximate surface area is 81.4 Å². The molecule has 0 radical (unpaired) electrons. The van der Waals surface area contributed by atoms with Crippen LogP contribution in [0.5, 0.6) is 0 Å². The van der Waals surface area contributed by atoms with E-state index < -0.39 is 0 Å². The van der Waals surface area contributed by atoms with Gasteiger partial charge in [-0.15, -0.1) is 0 Å². The molecule has 0 aromatic heterocycles. The third kappa shape index (κ3) is 2.25. The van der Waals surface area contributed by atoms with Crippen LogP contribution in [0.2, 0.25) is 0 Å². The minimum Gasteiger partial charge on any atom is -0.329 e. The molecule has 1 heterocycles. The van der Waals surface area contributed by atoms with E-state index >= 15 is 0 Å². The van der Waals surface area contributed by atoms with Crippen LogP contribution in [0.4, 0.5) is 0 Å². The summed E-state index contributed by atoms with van der Waals surface area (Å²) in [5.41, 5.74) is 0. The van der Waals surface area contributed by atoms with Gasteiger partial charge in [-0.25, -0.2) is 0 Å². The highest BCUT2D eigenvalue weighted by Crippen LogP contribution is 2.15. The lowest BCUT2D eigenvalue weighted by Crippen LogP contribution is -2.41. The number of piperidine rings is 1. The van der Waals surface area contributed by atoms with Gasteiger partial charge in [0.1, 0.15) is 0 Å². The summed E-state index contributed by atoms with van der Waals surface area (Å²) in [6, 6.07) is 0.361. The predicted molar refractivity (Wildman–Crippen MR) is 51.7 cm³/mol. The minimum absolute atomic E-state index is 0.0564. The van der Waals surface area contributed by atoms with Crippen molar-refractivity contribution in [2.45, 2.75) is 32.2 Å². The van der Waals surface area contributed by atoms with Crippen molar-refractivity contribution in [1.82, 2.24) is 4.90 Å². The number of nitrogens with zero attached hydrogens (tertiary/aromatic N) is 1. The number of hydrogen-bond donors (Lipinski definition) is 0. The van der Waals surface area contributed by atoms with E-state index in [-0.39, 0.29) is 5.91 Å². The normalized spacial score (nSPS) is 22.8. The summed E-state index contributed by atoms with van der Waals surface area (Å²) in [4.78, 5) is 15.6. The van der Waals surface area contributed by atoms with E-state index in [1.165, 1.54) is 6.42 Å². The summed E-state index contributed by atoms with van der Waals surface area (Å²) in [6.45, 7) is 2.94. The number of hydrogen-bond acceptors (Lipinski definition) is 1. The van der Waals surface area contributed by atoms with Crippen LogP contribution in [0.25, 0.3) is 0 Å². The summed E-state index contributed by atoms with van der Waals surface area (Å²) in [6.07, 6.45) is 3.45. The lowest BCUT2D eigenvalue weighted by atomic mass is 10.0. The largest absolute Gasteiger partial charge is 0.329 e. The van der Waals surface area contributed by atoms with E-state index in [0.29, 0.717) is 6.04 Å². The Morgan fingerprint density at radius 3 is 2.92 bits per heavy atom. The molecule has 66 valence electrons. The molecule has 0 N–H and O–H groups in total. The van der Waals surface area contributed by atoms with Crippen molar-refractivity contribution in [3.63, 3.8) is 0 Å². The average molecular weight is 230 g/mol. The molecule has 1 unspecified atom stereocenters. The Hall–Kier alpha value is -0.490. The Morgan fingerprint density at radius 1 is 1.58 bits per heavy atom. The van der Waals surface area contributed by atoms with Gasteiger partial charge < -0.3 is 4.90 Å². The van der Waals surface area contributed by atoms with Crippen molar-refractivity contribution in [2.24, 2.45) is 0 Å². The van der Waals surface area contributed by atoms with E-state index in [9.17, 15) is 4.79 Å². The smallest absolute Gasteiger partial charge is 0.299 e. The van der Waals surface area contributed by atoms with Gasteiger partial charge in [0.25, 0.3) is 5.91 Å². The molecule has 0 spiro atoms. The van der Waals surface area contributed by atoms with E-state index in [4.69, 9.17) is 0 Å². The Morgan fingerprint density at radius 2 is 2.33 bits per heavy atom. The molecular weight excluding hydrogens is 218 g/mol. The zero-order chi connectivity index (χ0) is 8.97. The molecule has 0 aromatic rings. The Bertz CT molecular complexity index is 228. The lowest BCUT2D eigenvalue weighted by Gasteiger charge is -2.31. The number of rotatable bonds is 0. The average Bonchev–Trinajstić information content (AvgIpc) is 2.05. The SMILES string of the molecule is CC1CCCCN1C(=O)C#CBr. The Balaban J connectivity index is 2.57. The molecule has 1 amide bonds. The molecule has 2 nitrogen and oxygen atoms in total. The molecule has 0 aliphatic carbocycles. The van der Waals surface area contributed by atoms with Gasteiger partial charge >= 0.3 is 0 Å². The number of likely N-dealkylation sites (tertiary alicyclic amines) is 1. The maximum Gasteiger partial charge on any atom is 0.299 e. The second-order valence-electron chi connectivity index (χ2n) is 3.06. The van der Waals surface area contributed by atoms with Crippen LogP contribution >= 0.6 is 15.9 Å². The molecule has 1 aliphatic rings. The quantitative estimate of drug-likeness (QED) is 0.580. The lowest BCUT2D eigenvalue weighted by molar-refractivity contribution is -0.128. The van der Waals surface area contributed by atoms with Crippen molar-refractivity contribution >= 4 is 21.8 Å². The fourth-order valence-corrected chi connectivity index (χ4v) is 1.68. The highest BCUT2D eigenvalue weighted by Gasteiger charge is 2.21. The zero-order valence-corrected chi connectivity index (χ0v) is 8.73. The van der Waals surface area contributed by atoms with Crippen molar-refractivity contribution in [3.8, 4) is 10.8 Å². The fourth-order valence-electron chi connectivity index (χ4n) is 1.51. The number of carbonyl (C=O) groups excluding carboxylic acids is 1. The summed E-state index contributed by atoms with van der Waals surface area (Å²) in [7, 11) is 0. The first-order valence-electron chi connectivity index (χ1n) is 4.18. The van der Waals surface area contributed by atoms with Crippen molar-refractivity contribution in [1.29, 1.82) is 0 Å². The van der Waals surface area contributed by atoms with Gasteiger partial charge in [0.15, 0.2) is 0 Å². The number of amides is 1. The van der Waals surface area contributed by atoms with E-state index in [1.54, 1.807) is 0 Å². The van der Waals surface area contributed by atoms with Crippen molar-refractivity contribution < 1.29 is 4.79 Å². The third-order valence-electron chi connectivity index (χ3n) is 2.22. The van der Waals surface area contributed by atoms with Crippen LogP contribution < -0.4 is 0 Å². The van der Waals surface area contributed by atoms with Gasteiger partial charge in [0.05, 0.1) is 0 Å². The zero-order valence-electron chi connectivity index (χ0n) is 7.14. The maximum atomic E-state index is 11.3. The van der Waals surface area contributed by atoms with Gasteiger partial charge in [-0.1, -0.05) is 0 Å².